The molecule has 21 heavy (non-hydrogen) atoms. The number of alkyl halides is 3. The number of rotatable bonds is 3. The van der Waals surface area contributed by atoms with Crippen molar-refractivity contribution in [2.45, 2.75) is 11.1 Å². The minimum atomic E-state index is -4.56. The largest absolute Gasteiger partial charge is 0.416 e. The summed E-state index contributed by atoms with van der Waals surface area (Å²) in [6.45, 7) is 0. The van der Waals surface area contributed by atoms with Crippen molar-refractivity contribution in [2.75, 3.05) is 4.72 Å². The van der Waals surface area contributed by atoms with Gasteiger partial charge in [0.25, 0.3) is 10.0 Å². The highest BCUT2D eigenvalue weighted by atomic mass is 35.5. The zero-order chi connectivity index (χ0) is 15.8. The second-order valence-electron chi connectivity index (χ2n) is 3.87. The third-order valence-corrected chi connectivity index (χ3v) is 5.49. The van der Waals surface area contributed by atoms with Crippen LogP contribution in [0.15, 0.2) is 35.2 Å². The van der Waals surface area contributed by atoms with E-state index in [0.717, 1.165) is 29.5 Å². The summed E-state index contributed by atoms with van der Waals surface area (Å²) in [5.41, 5.74) is -1.18. The fourth-order valence-corrected chi connectivity index (χ4v) is 4.68. The van der Waals surface area contributed by atoms with Gasteiger partial charge in [0.2, 0.25) is 0 Å². The van der Waals surface area contributed by atoms with Crippen LogP contribution in [-0.2, 0) is 16.2 Å². The van der Waals surface area contributed by atoms with Gasteiger partial charge < -0.3 is 0 Å². The Morgan fingerprint density at radius 3 is 2.33 bits per heavy atom. The zero-order valence-electron chi connectivity index (χ0n) is 9.91. The van der Waals surface area contributed by atoms with Crippen molar-refractivity contribution in [3.8, 4) is 0 Å². The van der Waals surface area contributed by atoms with Crippen molar-refractivity contribution < 1.29 is 21.6 Å². The number of benzene rings is 1. The molecule has 2 rings (SSSR count). The van der Waals surface area contributed by atoms with E-state index in [9.17, 15) is 21.6 Å². The molecular formula is C11H6Cl2F3NO2S2. The first-order chi connectivity index (χ1) is 9.59. The number of nitrogens with one attached hydrogen (secondary N) is 1. The first-order valence-corrected chi connectivity index (χ1v) is 8.30. The van der Waals surface area contributed by atoms with E-state index in [-0.39, 0.29) is 19.3 Å². The van der Waals surface area contributed by atoms with E-state index in [1.807, 2.05) is 4.72 Å². The Kier molecular flexibility index (Phi) is 4.44. The molecule has 10 heteroatoms. The highest BCUT2D eigenvalue weighted by Gasteiger charge is 2.31. The van der Waals surface area contributed by atoms with Gasteiger partial charge in [0.05, 0.1) is 9.90 Å². The number of hydrogen-bond acceptors (Lipinski definition) is 3. The summed E-state index contributed by atoms with van der Waals surface area (Å²) >= 11 is 12.2. The zero-order valence-corrected chi connectivity index (χ0v) is 13.1. The van der Waals surface area contributed by atoms with Crippen LogP contribution >= 0.6 is 34.5 Å². The van der Waals surface area contributed by atoms with Crippen molar-refractivity contribution in [1.82, 2.24) is 0 Å². The van der Waals surface area contributed by atoms with E-state index in [0.29, 0.717) is 6.07 Å². The average molecular weight is 376 g/mol. The molecule has 0 atom stereocenters. The van der Waals surface area contributed by atoms with Crippen molar-refractivity contribution in [1.29, 1.82) is 0 Å². The van der Waals surface area contributed by atoms with E-state index in [4.69, 9.17) is 23.2 Å². The molecule has 3 nitrogen and oxygen atoms in total. The first-order valence-electron chi connectivity index (χ1n) is 5.24. The molecule has 0 unspecified atom stereocenters. The molecule has 114 valence electrons. The first kappa shape index (κ1) is 16.4. The van der Waals surface area contributed by atoms with Gasteiger partial charge in [-0.1, -0.05) is 29.3 Å². The van der Waals surface area contributed by atoms with Crippen LogP contribution in [0.2, 0.25) is 8.67 Å². The Morgan fingerprint density at radius 1 is 1.14 bits per heavy atom. The SMILES string of the molecule is O=S(=O)(Nc1cccc(C(F)(F)F)c1)c1cc(Cl)sc1Cl. The minimum absolute atomic E-state index is 0.0699. The van der Waals surface area contributed by atoms with Crippen molar-refractivity contribution in [2.24, 2.45) is 0 Å². The van der Waals surface area contributed by atoms with Crippen LogP contribution in [0.4, 0.5) is 18.9 Å². The van der Waals surface area contributed by atoms with Gasteiger partial charge in [-0.3, -0.25) is 4.72 Å². The summed E-state index contributed by atoms with van der Waals surface area (Å²) in [7, 11) is -4.11. The molecule has 0 saturated carbocycles. The summed E-state index contributed by atoms with van der Waals surface area (Å²) in [6.07, 6.45) is -4.56. The van der Waals surface area contributed by atoms with Gasteiger partial charge in [-0.2, -0.15) is 13.2 Å². The molecule has 0 spiro atoms. The lowest BCUT2D eigenvalue weighted by molar-refractivity contribution is -0.137. The standard InChI is InChI=1S/C11H6Cl2F3NO2S2/c12-9-5-8(10(13)20-9)21(18,19)17-7-3-1-2-6(4-7)11(14,15)16/h1-5,17H. The molecule has 1 aromatic carbocycles. The normalized spacial score (nSPS) is 12.4. The second kappa shape index (κ2) is 5.68. The molecule has 1 heterocycles. The highest BCUT2D eigenvalue weighted by molar-refractivity contribution is 7.93. The second-order valence-corrected chi connectivity index (χ2v) is 7.81. The summed E-state index contributed by atoms with van der Waals surface area (Å²) < 4.78 is 64.0. The van der Waals surface area contributed by atoms with Crippen LogP contribution in [0.1, 0.15) is 5.56 Å². The Labute approximate surface area is 132 Å². The van der Waals surface area contributed by atoms with Crippen LogP contribution in [0.3, 0.4) is 0 Å². The molecule has 0 aliphatic carbocycles. The molecule has 0 fully saturated rings. The summed E-state index contributed by atoms with van der Waals surface area (Å²) in [4.78, 5) is -0.281. The number of sulfonamides is 1. The van der Waals surface area contributed by atoms with Gasteiger partial charge in [0.15, 0.2) is 0 Å². The van der Waals surface area contributed by atoms with E-state index < -0.39 is 21.8 Å². The Morgan fingerprint density at radius 2 is 1.81 bits per heavy atom. The molecular weight excluding hydrogens is 370 g/mol. The molecule has 2 aromatic rings. The lowest BCUT2D eigenvalue weighted by Gasteiger charge is -2.10. The predicted molar refractivity (Wildman–Crippen MR) is 76.6 cm³/mol. The predicted octanol–water partition coefficient (Wildman–Crippen LogP) is 4.87. The molecule has 0 saturated heterocycles. The molecule has 0 radical (unpaired) electrons. The Bertz CT molecular complexity index is 772. The molecule has 1 N–H and O–H groups in total. The average Bonchev–Trinajstić information content (AvgIpc) is 2.68. The lowest BCUT2D eigenvalue weighted by atomic mass is 10.2. The van der Waals surface area contributed by atoms with Gasteiger partial charge in [-0.05, 0) is 24.3 Å². The van der Waals surface area contributed by atoms with Gasteiger partial charge >= 0.3 is 6.18 Å². The molecule has 0 bridgehead atoms. The molecule has 0 aliphatic heterocycles. The van der Waals surface area contributed by atoms with Crippen LogP contribution in [0.25, 0.3) is 0 Å². The summed E-state index contributed by atoms with van der Waals surface area (Å²) in [6, 6.07) is 4.97. The van der Waals surface area contributed by atoms with Gasteiger partial charge in [0.1, 0.15) is 9.23 Å². The fraction of sp³-hybridized carbons (Fsp3) is 0.0909. The summed E-state index contributed by atoms with van der Waals surface area (Å²) in [5, 5.41) is 0. The highest BCUT2D eigenvalue weighted by Crippen LogP contribution is 2.36. The van der Waals surface area contributed by atoms with Gasteiger partial charge in [-0.15, -0.1) is 11.3 Å². The summed E-state index contributed by atoms with van der Waals surface area (Å²) in [5.74, 6) is 0. The number of anilines is 1. The third kappa shape index (κ3) is 3.82. The topological polar surface area (TPSA) is 46.2 Å². The number of halogens is 5. The van der Waals surface area contributed by atoms with Crippen molar-refractivity contribution in [3.63, 3.8) is 0 Å². The maximum atomic E-state index is 12.6. The van der Waals surface area contributed by atoms with E-state index >= 15 is 0 Å². The minimum Gasteiger partial charge on any atom is -0.280 e. The Balaban J connectivity index is 2.36. The van der Waals surface area contributed by atoms with Crippen LogP contribution < -0.4 is 4.72 Å². The van der Waals surface area contributed by atoms with Gasteiger partial charge in [0, 0.05) is 5.69 Å². The van der Waals surface area contributed by atoms with E-state index in [1.165, 1.54) is 6.07 Å². The van der Waals surface area contributed by atoms with E-state index in [1.54, 1.807) is 0 Å². The third-order valence-electron chi connectivity index (χ3n) is 2.36. The molecule has 0 aliphatic rings. The van der Waals surface area contributed by atoms with Crippen LogP contribution in [0, 0.1) is 0 Å². The lowest BCUT2D eigenvalue weighted by Crippen LogP contribution is -2.13. The van der Waals surface area contributed by atoms with Crippen LogP contribution in [0.5, 0.6) is 0 Å². The van der Waals surface area contributed by atoms with Crippen molar-refractivity contribution >= 4 is 50.2 Å². The monoisotopic (exact) mass is 375 g/mol. The quantitative estimate of drug-likeness (QED) is 0.831. The number of thiophene rings is 1. The van der Waals surface area contributed by atoms with Crippen LogP contribution in [-0.4, -0.2) is 8.42 Å². The molecule has 1 aromatic heterocycles. The maximum absolute atomic E-state index is 12.6. The smallest absolute Gasteiger partial charge is 0.280 e. The maximum Gasteiger partial charge on any atom is 0.416 e. The van der Waals surface area contributed by atoms with E-state index in [2.05, 4.69) is 0 Å². The Hall–Kier alpha value is -0.960. The fourth-order valence-electron chi connectivity index (χ4n) is 1.48. The van der Waals surface area contributed by atoms with Crippen molar-refractivity contribution in [3.05, 3.63) is 44.6 Å². The molecule has 0 amide bonds. The van der Waals surface area contributed by atoms with Gasteiger partial charge in [-0.25, -0.2) is 8.42 Å². The number of hydrogen-bond donors (Lipinski definition) is 1.